The molecule has 0 spiro atoms. The number of hydrogen-bond acceptors (Lipinski definition) is 2. The van der Waals surface area contributed by atoms with Gasteiger partial charge in [-0.3, -0.25) is 9.59 Å². The summed E-state index contributed by atoms with van der Waals surface area (Å²) in [6, 6.07) is 7.37. The van der Waals surface area contributed by atoms with E-state index in [-0.39, 0.29) is 0 Å². The van der Waals surface area contributed by atoms with Gasteiger partial charge in [-0.15, -0.1) is 0 Å². The molecule has 0 fully saturated rings. The van der Waals surface area contributed by atoms with Gasteiger partial charge < -0.3 is 4.90 Å². The first-order chi connectivity index (χ1) is 7.90. The molecule has 0 radical (unpaired) electrons. The van der Waals surface area contributed by atoms with E-state index >= 15 is 0 Å². The molecule has 88 valence electrons. The molecule has 3 nitrogen and oxygen atoms in total. The van der Waals surface area contributed by atoms with Gasteiger partial charge in [-0.1, -0.05) is 40.7 Å². The smallest absolute Gasteiger partial charge is 0.295 e. The second-order valence-corrected chi connectivity index (χ2v) is 5.20. The van der Waals surface area contributed by atoms with Crippen LogP contribution in [0.5, 0.6) is 0 Å². The highest BCUT2D eigenvalue weighted by atomic mass is 79.9. The van der Waals surface area contributed by atoms with Crippen LogP contribution in [0.4, 0.5) is 5.69 Å². The van der Waals surface area contributed by atoms with E-state index in [4.69, 9.17) is 0 Å². The third kappa shape index (κ3) is 1.47. The van der Waals surface area contributed by atoms with Gasteiger partial charge in [0.25, 0.3) is 5.91 Å². The summed E-state index contributed by atoms with van der Waals surface area (Å²) in [6.07, 6.45) is 0. The van der Waals surface area contributed by atoms with E-state index < -0.39 is 17.1 Å². The van der Waals surface area contributed by atoms with E-state index in [1.165, 1.54) is 4.90 Å². The number of carbonyl (C=O) groups is 2. The van der Waals surface area contributed by atoms with Gasteiger partial charge in [-0.2, -0.15) is 0 Å². The fourth-order valence-corrected chi connectivity index (χ4v) is 2.45. The number of nitrogens with zero attached hydrogens (tertiary/aromatic N) is 1. The molecule has 1 aliphatic heterocycles. The van der Waals surface area contributed by atoms with Gasteiger partial charge in [0.05, 0.1) is 5.41 Å². The van der Waals surface area contributed by atoms with Crippen molar-refractivity contribution < 1.29 is 9.59 Å². The number of halogens is 1. The lowest BCUT2D eigenvalue weighted by atomic mass is 9.74. The first-order valence-corrected chi connectivity index (χ1v) is 5.97. The van der Waals surface area contributed by atoms with E-state index in [1.807, 2.05) is 24.3 Å². The lowest BCUT2D eigenvalue weighted by molar-refractivity contribution is -0.138. The van der Waals surface area contributed by atoms with Crippen LogP contribution < -0.4 is 4.90 Å². The number of amides is 1. The maximum atomic E-state index is 12.2. The van der Waals surface area contributed by atoms with Gasteiger partial charge in [-0.05, 0) is 18.6 Å². The summed E-state index contributed by atoms with van der Waals surface area (Å²) < 4.78 is 0.504. The number of allylic oxidation sites excluding steroid dienone is 1. The lowest BCUT2D eigenvalue weighted by Crippen LogP contribution is -2.50. The molecule has 1 aromatic rings. The zero-order chi connectivity index (χ0) is 12.8. The summed E-state index contributed by atoms with van der Waals surface area (Å²) in [5, 5.41) is 0. The molecule has 1 amide bonds. The van der Waals surface area contributed by atoms with Crippen LogP contribution in [0.3, 0.4) is 0 Å². The Morgan fingerprint density at radius 2 is 1.94 bits per heavy atom. The SMILES string of the molecule is C=C(Br)C1(C)C(=O)C(=O)N(C)c2ccccc21. The number of fused-ring (bicyclic) bond motifs is 1. The number of likely N-dealkylation sites (N-methyl/N-ethyl adjacent to an activating group) is 1. The molecule has 0 N–H and O–H groups in total. The monoisotopic (exact) mass is 293 g/mol. The minimum Gasteiger partial charge on any atom is -0.309 e. The third-order valence-corrected chi connectivity index (χ3v) is 4.09. The molecule has 1 aliphatic rings. The van der Waals surface area contributed by atoms with Crippen LogP contribution in [-0.4, -0.2) is 18.7 Å². The van der Waals surface area contributed by atoms with Gasteiger partial charge in [0.15, 0.2) is 0 Å². The Bertz CT molecular complexity index is 538. The van der Waals surface area contributed by atoms with E-state index in [0.717, 1.165) is 11.3 Å². The van der Waals surface area contributed by atoms with Crippen LogP contribution in [0.25, 0.3) is 0 Å². The Balaban J connectivity index is 2.78. The van der Waals surface area contributed by atoms with E-state index in [1.54, 1.807) is 14.0 Å². The quantitative estimate of drug-likeness (QED) is 0.746. The maximum absolute atomic E-state index is 12.2. The number of para-hydroxylation sites is 1. The number of hydrogen-bond donors (Lipinski definition) is 0. The summed E-state index contributed by atoms with van der Waals surface area (Å²) >= 11 is 3.26. The first-order valence-electron chi connectivity index (χ1n) is 5.17. The number of anilines is 1. The lowest BCUT2D eigenvalue weighted by Gasteiger charge is -2.37. The van der Waals surface area contributed by atoms with Crippen LogP contribution in [0.15, 0.2) is 35.3 Å². The Morgan fingerprint density at radius 3 is 2.53 bits per heavy atom. The van der Waals surface area contributed by atoms with Crippen LogP contribution in [0, 0.1) is 0 Å². The molecule has 1 aromatic carbocycles. The summed E-state index contributed by atoms with van der Waals surface area (Å²) in [5.41, 5.74) is 0.564. The molecule has 0 aliphatic carbocycles. The van der Waals surface area contributed by atoms with Crippen molar-refractivity contribution in [3.63, 3.8) is 0 Å². The van der Waals surface area contributed by atoms with Gasteiger partial charge in [0.1, 0.15) is 0 Å². The average Bonchev–Trinajstić information content (AvgIpc) is 2.33. The Kier molecular flexibility index (Phi) is 2.70. The number of ketones is 1. The van der Waals surface area contributed by atoms with Crippen molar-refractivity contribution in [1.82, 2.24) is 0 Å². The van der Waals surface area contributed by atoms with Crippen molar-refractivity contribution in [2.75, 3.05) is 11.9 Å². The first kappa shape index (κ1) is 12.0. The van der Waals surface area contributed by atoms with Crippen molar-refractivity contribution in [2.45, 2.75) is 12.3 Å². The maximum Gasteiger partial charge on any atom is 0.295 e. The van der Waals surface area contributed by atoms with Crippen LogP contribution in [-0.2, 0) is 15.0 Å². The van der Waals surface area contributed by atoms with Crippen LogP contribution in [0.2, 0.25) is 0 Å². The minimum absolute atomic E-state index is 0.458. The molecular formula is C13H12BrNO2. The predicted molar refractivity (Wildman–Crippen MR) is 70.3 cm³/mol. The Morgan fingerprint density at radius 1 is 1.35 bits per heavy atom. The number of Topliss-reactive ketones (excluding diaryl/α,β-unsaturated/α-hetero) is 1. The van der Waals surface area contributed by atoms with Crippen LogP contribution in [0.1, 0.15) is 12.5 Å². The molecule has 0 saturated heterocycles. The number of benzene rings is 1. The van der Waals surface area contributed by atoms with Crippen LogP contribution >= 0.6 is 15.9 Å². The minimum atomic E-state index is -0.986. The zero-order valence-electron chi connectivity index (χ0n) is 9.66. The topological polar surface area (TPSA) is 37.4 Å². The van der Waals surface area contributed by atoms with Crippen molar-refractivity contribution >= 4 is 33.3 Å². The Labute approximate surface area is 108 Å². The molecule has 0 bridgehead atoms. The van der Waals surface area contributed by atoms with Crippen molar-refractivity contribution in [2.24, 2.45) is 0 Å². The largest absolute Gasteiger partial charge is 0.309 e. The highest BCUT2D eigenvalue weighted by Gasteiger charge is 2.47. The summed E-state index contributed by atoms with van der Waals surface area (Å²) in [7, 11) is 1.61. The second kappa shape index (κ2) is 3.81. The fraction of sp³-hybridized carbons (Fsp3) is 0.231. The predicted octanol–water partition coefficient (Wildman–Crippen LogP) is 2.40. The van der Waals surface area contributed by atoms with Crippen molar-refractivity contribution in [3.8, 4) is 0 Å². The normalized spacial score (nSPS) is 23.6. The standard InChI is InChI=1S/C13H12BrNO2/c1-8(14)13(2)9-6-4-5-7-10(9)15(3)12(17)11(13)16/h4-7H,1H2,2-3H3. The van der Waals surface area contributed by atoms with Gasteiger partial charge >= 0.3 is 0 Å². The summed E-state index contributed by atoms with van der Waals surface area (Å²) in [4.78, 5) is 25.5. The van der Waals surface area contributed by atoms with Crippen molar-refractivity contribution in [3.05, 3.63) is 40.9 Å². The number of rotatable bonds is 1. The fourth-order valence-electron chi connectivity index (χ4n) is 2.06. The molecule has 17 heavy (non-hydrogen) atoms. The van der Waals surface area contributed by atoms with Crippen molar-refractivity contribution in [1.29, 1.82) is 0 Å². The molecule has 2 rings (SSSR count). The van der Waals surface area contributed by atoms with Gasteiger partial charge in [-0.25, -0.2) is 0 Å². The molecule has 0 saturated carbocycles. The van der Waals surface area contributed by atoms with E-state index in [0.29, 0.717) is 4.48 Å². The highest BCUT2D eigenvalue weighted by molar-refractivity contribution is 9.11. The van der Waals surface area contributed by atoms with Gasteiger partial charge in [0.2, 0.25) is 5.78 Å². The zero-order valence-corrected chi connectivity index (χ0v) is 11.2. The highest BCUT2D eigenvalue weighted by Crippen LogP contribution is 2.43. The summed E-state index contributed by atoms with van der Waals surface area (Å²) in [5.74, 6) is -0.965. The molecule has 1 unspecified atom stereocenters. The molecule has 4 heteroatoms. The van der Waals surface area contributed by atoms with E-state index in [9.17, 15) is 9.59 Å². The second-order valence-electron chi connectivity index (χ2n) is 4.24. The number of carbonyl (C=O) groups excluding carboxylic acids is 2. The molecule has 1 heterocycles. The molecule has 0 aromatic heterocycles. The third-order valence-electron chi connectivity index (χ3n) is 3.30. The Hall–Kier alpha value is -1.42. The summed E-state index contributed by atoms with van der Waals surface area (Å²) in [6.45, 7) is 5.50. The molecular weight excluding hydrogens is 282 g/mol. The van der Waals surface area contributed by atoms with E-state index in [2.05, 4.69) is 22.5 Å². The van der Waals surface area contributed by atoms with Gasteiger partial charge in [0, 0.05) is 17.2 Å². The molecule has 1 atom stereocenters. The average molecular weight is 294 g/mol.